The van der Waals surface area contributed by atoms with Gasteiger partial charge in [-0.1, -0.05) is 68.4 Å². The standard InChI is InChI=1S/C26H27F2NO2/c1-3-17(2)25(31)26(29,20-7-5-4-6-8-20)23(18-9-13-21(27)14-10-18)24(30)19-11-15-22(28)16-12-19/h4-17,23-24,30H,3,29H2,1-2H3. The van der Waals surface area contributed by atoms with Crippen LogP contribution in [-0.2, 0) is 10.3 Å². The van der Waals surface area contributed by atoms with Gasteiger partial charge in [0, 0.05) is 11.8 Å². The number of ketones is 1. The van der Waals surface area contributed by atoms with Crippen molar-refractivity contribution < 1.29 is 18.7 Å². The second-order valence-electron chi connectivity index (χ2n) is 7.93. The van der Waals surface area contributed by atoms with Crippen LogP contribution in [-0.4, -0.2) is 10.9 Å². The van der Waals surface area contributed by atoms with Crippen molar-refractivity contribution in [3.05, 3.63) is 107 Å². The number of aliphatic hydroxyl groups excluding tert-OH is 1. The van der Waals surface area contributed by atoms with Crippen LogP contribution < -0.4 is 5.73 Å². The number of nitrogens with two attached hydrogens (primary N) is 1. The highest BCUT2D eigenvalue weighted by Crippen LogP contribution is 2.45. The van der Waals surface area contributed by atoms with Crippen LogP contribution in [0.15, 0.2) is 78.9 Å². The van der Waals surface area contributed by atoms with Gasteiger partial charge in [0.15, 0.2) is 5.78 Å². The first-order chi connectivity index (χ1) is 14.8. The monoisotopic (exact) mass is 423 g/mol. The summed E-state index contributed by atoms with van der Waals surface area (Å²) in [5, 5.41) is 11.4. The van der Waals surface area contributed by atoms with E-state index in [0.717, 1.165) is 0 Å². The predicted molar refractivity (Wildman–Crippen MR) is 117 cm³/mol. The summed E-state index contributed by atoms with van der Waals surface area (Å²) in [4.78, 5) is 13.7. The molecule has 162 valence electrons. The van der Waals surface area contributed by atoms with Gasteiger partial charge in [0.1, 0.15) is 17.2 Å². The van der Waals surface area contributed by atoms with Gasteiger partial charge >= 0.3 is 0 Å². The van der Waals surface area contributed by atoms with E-state index in [1.807, 2.05) is 13.0 Å². The second-order valence-corrected chi connectivity index (χ2v) is 7.93. The lowest BCUT2D eigenvalue weighted by atomic mass is 9.66. The number of carbonyl (C=O) groups excluding carboxylic acids is 1. The summed E-state index contributed by atoms with van der Waals surface area (Å²) < 4.78 is 27.2. The maximum atomic E-state index is 13.7. The largest absolute Gasteiger partial charge is 0.388 e. The lowest BCUT2D eigenvalue weighted by Crippen LogP contribution is -2.53. The van der Waals surface area contributed by atoms with Gasteiger partial charge < -0.3 is 10.8 Å². The van der Waals surface area contributed by atoms with Crippen LogP contribution in [0.2, 0.25) is 0 Å². The molecule has 3 nitrogen and oxygen atoms in total. The predicted octanol–water partition coefficient (Wildman–Crippen LogP) is 5.25. The first kappa shape index (κ1) is 22.8. The van der Waals surface area contributed by atoms with Crippen molar-refractivity contribution in [3.8, 4) is 0 Å². The SMILES string of the molecule is CCC(C)C(=O)C(N)(c1ccccc1)C(c1ccc(F)cc1)C(O)c1ccc(F)cc1. The molecular weight excluding hydrogens is 396 g/mol. The smallest absolute Gasteiger partial charge is 0.160 e. The highest BCUT2D eigenvalue weighted by molar-refractivity contribution is 5.92. The van der Waals surface area contributed by atoms with Crippen molar-refractivity contribution in [1.29, 1.82) is 0 Å². The molecule has 0 aliphatic heterocycles. The Labute approximate surface area is 181 Å². The Bertz CT molecular complexity index is 1010. The Morgan fingerprint density at radius 2 is 1.39 bits per heavy atom. The number of rotatable bonds is 8. The molecule has 4 atom stereocenters. The molecule has 5 heteroatoms. The summed E-state index contributed by atoms with van der Waals surface area (Å²) in [5.41, 5.74) is 6.83. The van der Waals surface area contributed by atoms with Crippen molar-refractivity contribution in [2.45, 2.75) is 37.8 Å². The molecule has 0 radical (unpaired) electrons. The summed E-state index contributed by atoms with van der Waals surface area (Å²) in [6.07, 6.45) is -0.655. The van der Waals surface area contributed by atoms with Crippen molar-refractivity contribution >= 4 is 5.78 Å². The molecule has 3 aromatic carbocycles. The number of aliphatic hydroxyl groups is 1. The highest BCUT2D eigenvalue weighted by atomic mass is 19.1. The van der Waals surface area contributed by atoms with E-state index in [4.69, 9.17) is 5.73 Å². The molecule has 4 unspecified atom stereocenters. The molecule has 0 spiro atoms. The molecule has 3 N–H and O–H groups in total. The molecule has 0 saturated heterocycles. The van der Waals surface area contributed by atoms with Crippen LogP contribution in [0.3, 0.4) is 0 Å². The van der Waals surface area contributed by atoms with E-state index in [1.54, 1.807) is 31.2 Å². The van der Waals surface area contributed by atoms with E-state index in [9.17, 15) is 18.7 Å². The zero-order valence-corrected chi connectivity index (χ0v) is 17.6. The molecule has 0 saturated carbocycles. The van der Waals surface area contributed by atoms with E-state index < -0.39 is 29.2 Å². The summed E-state index contributed by atoms with van der Waals surface area (Å²) in [5.74, 6) is -2.39. The molecule has 0 amide bonds. The third-order valence-electron chi connectivity index (χ3n) is 5.97. The summed E-state index contributed by atoms with van der Waals surface area (Å²) in [6, 6.07) is 19.9. The van der Waals surface area contributed by atoms with Crippen LogP contribution in [0, 0.1) is 17.6 Å². The topological polar surface area (TPSA) is 63.3 Å². The van der Waals surface area contributed by atoms with Crippen LogP contribution >= 0.6 is 0 Å². The average Bonchev–Trinajstić information content (AvgIpc) is 2.80. The van der Waals surface area contributed by atoms with Crippen LogP contribution in [0.4, 0.5) is 8.78 Å². The Hall–Kier alpha value is -2.89. The molecule has 0 aliphatic rings. The minimum absolute atomic E-state index is 0.225. The van der Waals surface area contributed by atoms with E-state index in [1.165, 1.54) is 48.5 Å². The van der Waals surface area contributed by atoms with Crippen LogP contribution in [0.5, 0.6) is 0 Å². The Balaban J connectivity index is 2.25. The fourth-order valence-corrected chi connectivity index (χ4v) is 4.00. The molecule has 0 fully saturated rings. The number of hydrogen-bond donors (Lipinski definition) is 2. The lowest BCUT2D eigenvalue weighted by molar-refractivity contribution is -0.130. The molecule has 0 aromatic heterocycles. The molecule has 0 bridgehead atoms. The van der Waals surface area contributed by atoms with E-state index in [0.29, 0.717) is 23.1 Å². The molecule has 0 aliphatic carbocycles. The Morgan fingerprint density at radius 1 is 0.903 bits per heavy atom. The molecule has 3 aromatic rings. The fourth-order valence-electron chi connectivity index (χ4n) is 4.00. The number of carbonyl (C=O) groups is 1. The summed E-state index contributed by atoms with van der Waals surface area (Å²) >= 11 is 0. The quantitative estimate of drug-likeness (QED) is 0.520. The van der Waals surface area contributed by atoms with Gasteiger partial charge in [-0.05, 0) is 47.4 Å². The van der Waals surface area contributed by atoms with Crippen molar-refractivity contribution in [3.63, 3.8) is 0 Å². The Kier molecular flexibility index (Phi) is 6.98. The van der Waals surface area contributed by atoms with Gasteiger partial charge in [0.2, 0.25) is 0 Å². The highest BCUT2D eigenvalue weighted by Gasteiger charge is 2.49. The first-order valence-corrected chi connectivity index (χ1v) is 10.4. The Morgan fingerprint density at radius 3 is 1.87 bits per heavy atom. The third kappa shape index (κ3) is 4.58. The van der Waals surface area contributed by atoms with E-state index in [2.05, 4.69) is 0 Å². The molecule has 0 heterocycles. The fraction of sp³-hybridized carbons (Fsp3) is 0.269. The van der Waals surface area contributed by atoms with Crippen molar-refractivity contribution in [2.24, 2.45) is 11.7 Å². The first-order valence-electron chi connectivity index (χ1n) is 10.4. The third-order valence-corrected chi connectivity index (χ3v) is 5.97. The lowest BCUT2D eigenvalue weighted by Gasteiger charge is -2.41. The number of Topliss-reactive ketones (excluding diaryl/α,β-unsaturated/α-hetero) is 1. The molecule has 3 rings (SSSR count). The van der Waals surface area contributed by atoms with Gasteiger partial charge in [-0.3, -0.25) is 4.79 Å². The van der Waals surface area contributed by atoms with Crippen molar-refractivity contribution in [1.82, 2.24) is 0 Å². The summed E-state index contributed by atoms with van der Waals surface area (Å²) in [7, 11) is 0. The minimum Gasteiger partial charge on any atom is -0.388 e. The maximum Gasteiger partial charge on any atom is 0.160 e. The average molecular weight is 424 g/mol. The van der Waals surface area contributed by atoms with Gasteiger partial charge in [-0.2, -0.15) is 0 Å². The van der Waals surface area contributed by atoms with Crippen LogP contribution in [0.25, 0.3) is 0 Å². The van der Waals surface area contributed by atoms with Crippen LogP contribution in [0.1, 0.15) is 49.0 Å². The zero-order chi connectivity index (χ0) is 22.6. The van der Waals surface area contributed by atoms with Gasteiger partial charge in [0.05, 0.1) is 6.10 Å². The molecular formula is C26H27F2NO2. The van der Waals surface area contributed by atoms with Gasteiger partial charge in [-0.15, -0.1) is 0 Å². The van der Waals surface area contributed by atoms with Gasteiger partial charge in [0.25, 0.3) is 0 Å². The maximum absolute atomic E-state index is 13.7. The molecule has 31 heavy (non-hydrogen) atoms. The van der Waals surface area contributed by atoms with Gasteiger partial charge in [-0.25, -0.2) is 8.78 Å². The number of hydrogen-bond acceptors (Lipinski definition) is 3. The van der Waals surface area contributed by atoms with E-state index >= 15 is 0 Å². The number of halogens is 2. The zero-order valence-electron chi connectivity index (χ0n) is 17.6. The second kappa shape index (κ2) is 9.50. The van der Waals surface area contributed by atoms with Crippen molar-refractivity contribution in [2.75, 3.05) is 0 Å². The summed E-state index contributed by atoms with van der Waals surface area (Å²) in [6.45, 7) is 3.70. The number of benzene rings is 3. The normalized spacial score (nSPS) is 16.2. The minimum atomic E-state index is -1.59. The van der Waals surface area contributed by atoms with E-state index in [-0.39, 0.29) is 11.7 Å².